The minimum Gasteiger partial charge on any atom is -0.201 e. The first-order valence-corrected chi connectivity index (χ1v) is 19.2. The molecule has 3 heterocycles. The lowest BCUT2D eigenvalue weighted by molar-refractivity contribution is -0.659. The quantitative estimate of drug-likeness (QED) is 0.229. The van der Waals surface area contributed by atoms with Crippen molar-refractivity contribution < 1.29 is 4.57 Å². The number of hydrogen-bond donors (Lipinski definition) is 0. The maximum Gasteiger partial charge on any atom is 0.212 e. The standard InChI is InChI=1S/C32H36NSi2/c1-21(2)30-26-11-9-8-10-23(26)18-27-28(30)20-35(7)29(19-24-16-17-33(3)31(27)32(24)35)22-12-14-25(15-13-22)34(4,5)6/h8-19,21H,20H2,1-7H3/q+1. The number of fused-ring (bicyclic) bond motifs is 3. The summed E-state index contributed by atoms with van der Waals surface area (Å²) in [6.07, 6.45) is 4.81. The highest BCUT2D eigenvalue weighted by molar-refractivity contribution is 7.08. The van der Waals surface area contributed by atoms with Crippen LogP contribution in [0.15, 0.2) is 66.9 Å². The van der Waals surface area contributed by atoms with Crippen LogP contribution in [-0.2, 0) is 13.1 Å². The van der Waals surface area contributed by atoms with Gasteiger partial charge in [0.25, 0.3) is 0 Å². The SMILES string of the molecule is CC(C)c1c2c(cc3ccccc13)-c1c3c(cc[n+]1C)C=C(c1ccc([Si](C)(C)C)cc1)[Si]3(C)C2. The molecule has 0 bridgehead atoms. The Morgan fingerprint density at radius 1 is 0.943 bits per heavy atom. The fourth-order valence-corrected chi connectivity index (χ4v) is 12.5. The van der Waals surface area contributed by atoms with Crippen LogP contribution >= 0.6 is 0 Å². The molecule has 0 saturated heterocycles. The van der Waals surface area contributed by atoms with E-state index in [1.54, 1.807) is 26.7 Å². The molecule has 4 aromatic rings. The summed E-state index contributed by atoms with van der Waals surface area (Å²) in [6.45, 7) is 14.7. The second kappa shape index (κ2) is 7.62. The number of aromatic nitrogens is 1. The zero-order valence-electron chi connectivity index (χ0n) is 22.2. The largest absolute Gasteiger partial charge is 0.212 e. The van der Waals surface area contributed by atoms with Gasteiger partial charge in [-0.1, -0.05) is 99.8 Å². The molecule has 1 nitrogen and oxygen atoms in total. The Balaban J connectivity index is 1.62. The molecule has 0 aliphatic carbocycles. The summed E-state index contributed by atoms with van der Waals surface area (Å²) in [5.74, 6) is 0.493. The molecule has 1 unspecified atom stereocenters. The van der Waals surface area contributed by atoms with Crippen molar-refractivity contribution in [2.45, 2.75) is 52.0 Å². The van der Waals surface area contributed by atoms with Crippen molar-refractivity contribution in [3.8, 4) is 11.3 Å². The van der Waals surface area contributed by atoms with Gasteiger partial charge in [0.05, 0.1) is 8.07 Å². The van der Waals surface area contributed by atoms with E-state index < -0.39 is 16.1 Å². The molecule has 0 fully saturated rings. The third kappa shape index (κ3) is 3.28. The van der Waals surface area contributed by atoms with Crippen molar-refractivity contribution in [3.05, 3.63) is 89.1 Å². The first-order chi connectivity index (χ1) is 16.6. The van der Waals surface area contributed by atoms with Crippen LogP contribution < -0.4 is 14.9 Å². The fraction of sp³-hybridized carbons (Fsp3) is 0.281. The molecular formula is C32H36NSi2+. The topological polar surface area (TPSA) is 3.88 Å². The van der Waals surface area contributed by atoms with Gasteiger partial charge in [-0.3, -0.25) is 0 Å². The smallest absolute Gasteiger partial charge is 0.201 e. The monoisotopic (exact) mass is 490 g/mol. The van der Waals surface area contributed by atoms with Crippen LogP contribution in [0.1, 0.15) is 42.0 Å². The maximum absolute atomic E-state index is 2.63. The van der Waals surface area contributed by atoms with Gasteiger partial charge < -0.3 is 0 Å². The van der Waals surface area contributed by atoms with Gasteiger partial charge in [-0.05, 0) is 56.3 Å². The third-order valence-corrected chi connectivity index (χ3v) is 14.8. The number of pyridine rings is 1. The molecule has 3 heteroatoms. The molecule has 2 aliphatic heterocycles. The second-order valence-corrected chi connectivity index (χ2v) is 21.3. The molecular weight excluding hydrogens is 455 g/mol. The van der Waals surface area contributed by atoms with E-state index in [-0.39, 0.29) is 0 Å². The summed E-state index contributed by atoms with van der Waals surface area (Å²) < 4.78 is 2.39. The summed E-state index contributed by atoms with van der Waals surface area (Å²) in [5, 5.41) is 7.59. The van der Waals surface area contributed by atoms with E-state index in [9.17, 15) is 0 Å². The molecule has 6 rings (SSSR count). The van der Waals surface area contributed by atoms with Crippen molar-refractivity contribution >= 4 is 48.6 Å². The van der Waals surface area contributed by atoms with Crippen LogP contribution in [0.25, 0.3) is 33.3 Å². The third-order valence-electron chi connectivity index (χ3n) is 8.43. The van der Waals surface area contributed by atoms with E-state index in [0.29, 0.717) is 5.92 Å². The molecule has 0 radical (unpaired) electrons. The van der Waals surface area contributed by atoms with E-state index in [1.807, 2.05) is 0 Å². The minimum absolute atomic E-state index is 0.493. The summed E-state index contributed by atoms with van der Waals surface area (Å²) >= 11 is 0. The van der Waals surface area contributed by atoms with Gasteiger partial charge in [-0.25, -0.2) is 4.57 Å². The molecule has 1 aromatic heterocycles. The average molecular weight is 491 g/mol. The predicted molar refractivity (Wildman–Crippen MR) is 157 cm³/mol. The first kappa shape index (κ1) is 22.7. The lowest BCUT2D eigenvalue weighted by Gasteiger charge is -2.35. The van der Waals surface area contributed by atoms with Crippen LogP contribution in [0.4, 0.5) is 0 Å². The molecule has 3 aromatic carbocycles. The van der Waals surface area contributed by atoms with Gasteiger partial charge in [-0.15, -0.1) is 0 Å². The van der Waals surface area contributed by atoms with E-state index in [0.717, 1.165) is 0 Å². The zero-order valence-corrected chi connectivity index (χ0v) is 24.2. The predicted octanol–water partition coefficient (Wildman–Crippen LogP) is 6.47. The molecule has 0 N–H and O–H groups in total. The van der Waals surface area contributed by atoms with Crippen molar-refractivity contribution in [3.63, 3.8) is 0 Å². The highest BCUT2D eigenvalue weighted by atomic mass is 28.3. The van der Waals surface area contributed by atoms with Gasteiger partial charge in [0.1, 0.15) is 15.1 Å². The summed E-state index contributed by atoms with van der Waals surface area (Å²) in [5.41, 5.74) is 8.95. The Morgan fingerprint density at radius 3 is 2.34 bits per heavy atom. The Bertz CT molecular complexity index is 1540. The number of benzene rings is 3. The van der Waals surface area contributed by atoms with Crippen LogP contribution in [0.5, 0.6) is 0 Å². The van der Waals surface area contributed by atoms with E-state index in [2.05, 4.69) is 125 Å². The Labute approximate surface area is 212 Å². The lowest BCUT2D eigenvalue weighted by atomic mass is 9.87. The Kier molecular flexibility index (Phi) is 4.94. The van der Waals surface area contributed by atoms with Gasteiger partial charge in [0.15, 0.2) is 6.20 Å². The molecule has 0 saturated carbocycles. The average Bonchev–Trinajstić information content (AvgIpc) is 3.11. The molecule has 2 aliphatic rings. The van der Waals surface area contributed by atoms with Gasteiger partial charge in [0, 0.05) is 16.8 Å². The molecule has 0 spiro atoms. The molecule has 35 heavy (non-hydrogen) atoms. The van der Waals surface area contributed by atoms with Crippen molar-refractivity contribution in [1.82, 2.24) is 0 Å². The summed E-state index contributed by atoms with van der Waals surface area (Å²) in [6, 6.07) is 24.7. The van der Waals surface area contributed by atoms with E-state index >= 15 is 0 Å². The fourth-order valence-electron chi connectivity index (χ4n) is 6.71. The number of nitrogens with zero attached hydrogens (tertiary/aromatic N) is 1. The van der Waals surface area contributed by atoms with Gasteiger partial charge in [-0.2, -0.15) is 0 Å². The molecule has 176 valence electrons. The van der Waals surface area contributed by atoms with Gasteiger partial charge >= 0.3 is 0 Å². The van der Waals surface area contributed by atoms with Crippen LogP contribution in [0, 0.1) is 0 Å². The Hall–Kier alpha value is -2.76. The summed E-state index contributed by atoms with van der Waals surface area (Å²) in [4.78, 5) is 0. The number of rotatable bonds is 3. The van der Waals surface area contributed by atoms with E-state index in [1.165, 1.54) is 39.2 Å². The zero-order chi connectivity index (χ0) is 24.7. The molecule has 1 atom stereocenters. The number of aryl methyl sites for hydroxylation is 1. The first-order valence-electron chi connectivity index (χ1n) is 13.0. The van der Waals surface area contributed by atoms with Gasteiger partial charge in [0.2, 0.25) is 5.69 Å². The van der Waals surface area contributed by atoms with Crippen molar-refractivity contribution in [1.29, 1.82) is 0 Å². The Morgan fingerprint density at radius 2 is 1.66 bits per heavy atom. The highest BCUT2D eigenvalue weighted by Gasteiger charge is 2.49. The minimum atomic E-state index is -1.97. The van der Waals surface area contributed by atoms with Crippen LogP contribution in [0.3, 0.4) is 0 Å². The van der Waals surface area contributed by atoms with Crippen molar-refractivity contribution in [2.24, 2.45) is 7.05 Å². The van der Waals surface area contributed by atoms with E-state index in [4.69, 9.17) is 0 Å². The van der Waals surface area contributed by atoms with Crippen LogP contribution in [0.2, 0.25) is 26.2 Å². The maximum atomic E-state index is 2.63. The van der Waals surface area contributed by atoms with Crippen LogP contribution in [-0.4, -0.2) is 16.1 Å². The highest BCUT2D eigenvalue weighted by Crippen LogP contribution is 2.46. The van der Waals surface area contributed by atoms with Crippen molar-refractivity contribution in [2.75, 3.05) is 0 Å². The second-order valence-electron chi connectivity index (χ2n) is 12.2. The normalized spacial score (nSPS) is 18.6. The summed E-state index contributed by atoms with van der Waals surface area (Å²) in [7, 11) is -1.04. The lowest BCUT2D eigenvalue weighted by Crippen LogP contribution is -2.55. The molecule has 0 amide bonds. The number of hydrogen-bond acceptors (Lipinski definition) is 0.